The molecule has 1 N–H and O–H groups in total. The van der Waals surface area contributed by atoms with Crippen LogP contribution >= 0.6 is 23.1 Å². The van der Waals surface area contributed by atoms with E-state index in [4.69, 9.17) is 4.42 Å². The second-order valence-corrected chi connectivity index (χ2v) is 8.61. The summed E-state index contributed by atoms with van der Waals surface area (Å²) in [6, 6.07) is 0. The molecule has 0 spiro atoms. The number of oxazole rings is 1. The molecule has 2 rings (SSSR count). The highest BCUT2D eigenvalue weighted by molar-refractivity contribution is 8.00. The van der Waals surface area contributed by atoms with E-state index in [0.29, 0.717) is 10.9 Å². The number of hydrogen-bond donors (Lipinski definition) is 1. The SMILES string of the molecule is CC(C)C(=O)Nc1ncc(SCc2cnc(C(C)(C)C)o2)s1.[HH]. The average Bonchev–Trinajstić information content (AvgIpc) is 3.04. The Morgan fingerprint density at radius 1 is 1.41 bits per heavy atom. The molecule has 1 amide bonds. The Bertz CT molecular complexity index is 647. The standard InChI is InChI=1S/C15H21N3O2S2.H2/c1-9(2)12(19)18-14-17-7-11(22-14)21-8-10-6-16-13(20-10)15(3,4)5;/h6-7,9H,8H2,1-5H3,(H,17,18,19);1H. The van der Waals surface area contributed by atoms with Crippen LogP contribution in [0.3, 0.4) is 0 Å². The maximum atomic E-state index is 11.6. The van der Waals surface area contributed by atoms with Gasteiger partial charge in [-0.15, -0.1) is 11.8 Å². The van der Waals surface area contributed by atoms with E-state index in [2.05, 4.69) is 36.1 Å². The molecule has 22 heavy (non-hydrogen) atoms. The molecule has 0 aliphatic rings. The van der Waals surface area contributed by atoms with E-state index >= 15 is 0 Å². The van der Waals surface area contributed by atoms with Gasteiger partial charge in [-0.05, 0) is 0 Å². The van der Waals surface area contributed by atoms with Crippen LogP contribution in [-0.2, 0) is 16.0 Å². The molecule has 0 aromatic carbocycles. The summed E-state index contributed by atoms with van der Waals surface area (Å²) >= 11 is 3.09. The van der Waals surface area contributed by atoms with Gasteiger partial charge in [-0.3, -0.25) is 4.79 Å². The van der Waals surface area contributed by atoms with Gasteiger partial charge in [0, 0.05) is 12.8 Å². The van der Waals surface area contributed by atoms with Crippen molar-refractivity contribution >= 4 is 34.1 Å². The van der Waals surface area contributed by atoms with E-state index in [1.54, 1.807) is 24.2 Å². The Kier molecular flexibility index (Phi) is 5.28. The van der Waals surface area contributed by atoms with Crippen LogP contribution in [0.15, 0.2) is 21.0 Å². The minimum absolute atomic E-state index is 0. The number of carbonyl (C=O) groups excluding carboxylic acids is 1. The predicted octanol–water partition coefficient (Wildman–Crippen LogP) is 4.56. The lowest BCUT2D eigenvalue weighted by Crippen LogP contribution is -2.17. The first-order chi connectivity index (χ1) is 10.3. The number of thioether (sulfide) groups is 1. The van der Waals surface area contributed by atoms with Gasteiger partial charge in [0.05, 0.1) is 22.4 Å². The molecule has 2 heterocycles. The van der Waals surface area contributed by atoms with Gasteiger partial charge < -0.3 is 9.73 Å². The summed E-state index contributed by atoms with van der Waals surface area (Å²) in [6.07, 6.45) is 3.54. The third-order valence-corrected chi connectivity index (χ3v) is 4.92. The van der Waals surface area contributed by atoms with Gasteiger partial charge in [-0.25, -0.2) is 9.97 Å². The fourth-order valence-corrected chi connectivity index (χ4v) is 3.24. The molecule has 2 aromatic heterocycles. The Hall–Kier alpha value is -1.34. The van der Waals surface area contributed by atoms with Crippen LogP contribution in [0, 0.1) is 5.92 Å². The molecular weight excluding hydrogens is 318 g/mol. The highest BCUT2D eigenvalue weighted by Gasteiger charge is 2.20. The van der Waals surface area contributed by atoms with E-state index in [9.17, 15) is 4.79 Å². The Morgan fingerprint density at radius 2 is 2.14 bits per heavy atom. The molecule has 122 valence electrons. The normalized spacial score (nSPS) is 11.9. The van der Waals surface area contributed by atoms with Crippen molar-refractivity contribution in [2.75, 3.05) is 5.32 Å². The fraction of sp³-hybridized carbons (Fsp3) is 0.533. The highest BCUT2D eigenvalue weighted by atomic mass is 32.2. The minimum Gasteiger partial charge on any atom is -0.444 e. The zero-order valence-corrected chi connectivity index (χ0v) is 15.1. The van der Waals surface area contributed by atoms with Crippen LogP contribution in [0.5, 0.6) is 0 Å². The Balaban J connectivity index is 0.00000264. The maximum absolute atomic E-state index is 11.6. The Morgan fingerprint density at radius 3 is 2.73 bits per heavy atom. The van der Waals surface area contributed by atoms with Crippen molar-refractivity contribution < 1.29 is 10.6 Å². The van der Waals surface area contributed by atoms with E-state index in [1.807, 2.05) is 13.8 Å². The maximum Gasteiger partial charge on any atom is 0.228 e. The molecule has 0 saturated heterocycles. The summed E-state index contributed by atoms with van der Waals surface area (Å²) in [5.74, 6) is 2.22. The van der Waals surface area contributed by atoms with Crippen LogP contribution in [0.25, 0.3) is 0 Å². The van der Waals surface area contributed by atoms with Crippen LogP contribution in [0.4, 0.5) is 5.13 Å². The monoisotopic (exact) mass is 341 g/mol. The number of aromatic nitrogens is 2. The second-order valence-electron chi connectivity index (χ2n) is 6.30. The molecule has 2 aromatic rings. The van der Waals surface area contributed by atoms with Gasteiger partial charge in [0.1, 0.15) is 5.76 Å². The number of carbonyl (C=O) groups is 1. The molecule has 0 atom stereocenters. The van der Waals surface area contributed by atoms with Crippen LogP contribution in [0.2, 0.25) is 0 Å². The minimum atomic E-state index is -0.0816. The molecule has 0 bridgehead atoms. The Labute approximate surface area is 140 Å². The summed E-state index contributed by atoms with van der Waals surface area (Å²) in [5.41, 5.74) is -0.0816. The number of rotatable bonds is 5. The topological polar surface area (TPSA) is 68.0 Å². The molecule has 5 nitrogen and oxygen atoms in total. The molecule has 7 heteroatoms. The van der Waals surface area contributed by atoms with Crippen molar-refractivity contribution in [3.8, 4) is 0 Å². The molecule has 0 fully saturated rings. The average molecular weight is 342 g/mol. The number of thiazole rings is 1. The third kappa shape index (κ3) is 4.58. The van der Waals surface area contributed by atoms with Crippen molar-refractivity contribution in [1.29, 1.82) is 0 Å². The summed E-state index contributed by atoms with van der Waals surface area (Å²) in [7, 11) is 0. The van der Waals surface area contributed by atoms with Crippen LogP contribution < -0.4 is 5.32 Å². The van der Waals surface area contributed by atoms with Crippen molar-refractivity contribution in [3.63, 3.8) is 0 Å². The lowest BCUT2D eigenvalue weighted by Gasteiger charge is -2.12. The zero-order chi connectivity index (χ0) is 16.3. The molecule has 0 aliphatic heterocycles. The van der Waals surface area contributed by atoms with E-state index < -0.39 is 0 Å². The number of amides is 1. The van der Waals surface area contributed by atoms with Crippen LogP contribution in [-0.4, -0.2) is 15.9 Å². The summed E-state index contributed by atoms with van der Waals surface area (Å²) in [4.78, 5) is 20.2. The molecule has 0 aliphatic carbocycles. The van der Waals surface area contributed by atoms with Crippen LogP contribution in [0.1, 0.15) is 47.7 Å². The van der Waals surface area contributed by atoms with E-state index in [-0.39, 0.29) is 18.7 Å². The number of nitrogens with one attached hydrogen (secondary N) is 1. The van der Waals surface area contributed by atoms with E-state index in [1.165, 1.54) is 11.3 Å². The first kappa shape index (κ1) is 17.0. The van der Waals surface area contributed by atoms with Crippen molar-refractivity contribution in [2.24, 2.45) is 5.92 Å². The van der Waals surface area contributed by atoms with Gasteiger partial charge in [0.2, 0.25) is 5.91 Å². The van der Waals surface area contributed by atoms with Gasteiger partial charge in [-0.1, -0.05) is 46.0 Å². The quantitative estimate of drug-likeness (QED) is 0.807. The van der Waals surface area contributed by atoms with Crippen molar-refractivity contribution in [1.82, 2.24) is 9.97 Å². The lowest BCUT2D eigenvalue weighted by molar-refractivity contribution is -0.118. The predicted molar refractivity (Wildman–Crippen MR) is 92.5 cm³/mol. The second kappa shape index (κ2) is 6.83. The molecule has 0 unspecified atom stereocenters. The van der Waals surface area contributed by atoms with E-state index in [0.717, 1.165) is 15.9 Å². The highest BCUT2D eigenvalue weighted by Crippen LogP contribution is 2.32. The van der Waals surface area contributed by atoms with Gasteiger partial charge in [0.15, 0.2) is 11.0 Å². The smallest absolute Gasteiger partial charge is 0.228 e. The molecule has 0 saturated carbocycles. The first-order valence-corrected chi connectivity index (χ1v) is 8.90. The van der Waals surface area contributed by atoms with Gasteiger partial charge in [0.25, 0.3) is 0 Å². The largest absolute Gasteiger partial charge is 0.444 e. The summed E-state index contributed by atoms with van der Waals surface area (Å²) in [5, 5.41) is 3.44. The van der Waals surface area contributed by atoms with Gasteiger partial charge >= 0.3 is 0 Å². The zero-order valence-electron chi connectivity index (χ0n) is 13.5. The number of hydrogen-bond acceptors (Lipinski definition) is 6. The molecule has 0 radical (unpaired) electrons. The van der Waals surface area contributed by atoms with Gasteiger partial charge in [-0.2, -0.15) is 0 Å². The van der Waals surface area contributed by atoms with Crippen molar-refractivity contribution in [2.45, 2.75) is 50.0 Å². The fourth-order valence-electron chi connectivity index (χ4n) is 1.50. The number of anilines is 1. The van der Waals surface area contributed by atoms with Crippen molar-refractivity contribution in [3.05, 3.63) is 24.0 Å². The first-order valence-electron chi connectivity index (χ1n) is 7.10. The summed E-state index contributed by atoms with van der Waals surface area (Å²) in [6.45, 7) is 9.93. The summed E-state index contributed by atoms with van der Waals surface area (Å²) < 4.78 is 6.79. The number of nitrogens with zero attached hydrogens (tertiary/aromatic N) is 2. The molecular formula is C15H23N3O2S2. The third-order valence-electron chi connectivity index (χ3n) is 2.79. The lowest BCUT2D eigenvalue weighted by atomic mass is 9.97.